The number of rotatable bonds is 6. The summed E-state index contributed by atoms with van der Waals surface area (Å²) >= 11 is 0. The van der Waals surface area contributed by atoms with Crippen molar-refractivity contribution in [2.75, 3.05) is 25.0 Å². The molecule has 2 aromatic carbocycles. The topological polar surface area (TPSA) is 52.7 Å². The van der Waals surface area contributed by atoms with Gasteiger partial charge in [-0.25, -0.2) is 4.98 Å². The minimum absolute atomic E-state index is 0.835. The molecule has 0 bridgehead atoms. The minimum atomic E-state index is 0.835. The second kappa shape index (κ2) is 8.26. The lowest BCUT2D eigenvalue weighted by molar-refractivity contribution is 0.353. The van der Waals surface area contributed by atoms with E-state index in [2.05, 4.69) is 76.3 Å². The molecule has 0 aliphatic carbocycles. The molecule has 29 heavy (non-hydrogen) atoms. The van der Waals surface area contributed by atoms with E-state index in [1.165, 1.54) is 55.2 Å². The van der Waals surface area contributed by atoms with Crippen molar-refractivity contribution < 1.29 is 0 Å². The maximum absolute atomic E-state index is 4.92. The van der Waals surface area contributed by atoms with Crippen LogP contribution in [0.5, 0.6) is 0 Å². The number of nitrogens with zero attached hydrogens (tertiary/aromatic N) is 1. The molecule has 1 unspecified atom stereocenters. The molecule has 0 spiro atoms. The fraction of sp³-hybridized carbons (Fsp3) is 0.320. The smallest absolute Gasteiger partial charge is 0.0893 e. The lowest BCUT2D eigenvalue weighted by atomic mass is 9.95. The highest BCUT2D eigenvalue weighted by molar-refractivity contribution is 5.94. The van der Waals surface area contributed by atoms with Crippen LogP contribution < -0.4 is 10.6 Å². The largest absolute Gasteiger partial charge is 0.384 e. The van der Waals surface area contributed by atoms with E-state index >= 15 is 0 Å². The molecule has 1 aliphatic heterocycles. The summed E-state index contributed by atoms with van der Waals surface area (Å²) in [6, 6.07) is 21.2. The van der Waals surface area contributed by atoms with Gasteiger partial charge in [0.15, 0.2) is 0 Å². The third-order valence-corrected chi connectivity index (χ3v) is 6.03. The second-order valence-electron chi connectivity index (χ2n) is 8.12. The van der Waals surface area contributed by atoms with Gasteiger partial charge in [-0.05, 0) is 69.0 Å². The number of H-pyrrole nitrogens is 1. The van der Waals surface area contributed by atoms with Crippen molar-refractivity contribution in [1.29, 1.82) is 0 Å². The van der Waals surface area contributed by atoms with Crippen LogP contribution in [-0.4, -0.2) is 29.6 Å². The first-order valence-corrected chi connectivity index (χ1v) is 10.8. The van der Waals surface area contributed by atoms with Crippen molar-refractivity contribution >= 4 is 27.5 Å². The summed E-state index contributed by atoms with van der Waals surface area (Å²) in [4.78, 5) is 8.44. The van der Waals surface area contributed by atoms with Crippen LogP contribution in [0.15, 0.2) is 60.7 Å². The van der Waals surface area contributed by atoms with E-state index in [9.17, 15) is 0 Å². The molecule has 5 rings (SSSR count). The van der Waals surface area contributed by atoms with E-state index in [1.807, 2.05) is 0 Å². The van der Waals surface area contributed by atoms with Crippen molar-refractivity contribution in [2.45, 2.75) is 25.7 Å². The highest BCUT2D eigenvalue weighted by Crippen LogP contribution is 2.30. The fourth-order valence-corrected chi connectivity index (χ4v) is 4.46. The van der Waals surface area contributed by atoms with Crippen LogP contribution in [0.1, 0.15) is 25.7 Å². The van der Waals surface area contributed by atoms with Gasteiger partial charge < -0.3 is 15.6 Å². The van der Waals surface area contributed by atoms with Gasteiger partial charge in [0, 0.05) is 28.5 Å². The molecule has 2 aromatic heterocycles. The van der Waals surface area contributed by atoms with E-state index in [0.717, 1.165) is 34.9 Å². The zero-order chi connectivity index (χ0) is 19.5. The first-order chi connectivity index (χ1) is 14.4. The molecule has 1 fully saturated rings. The Morgan fingerprint density at radius 3 is 2.83 bits per heavy atom. The average molecular weight is 385 g/mol. The van der Waals surface area contributed by atoms with E-state index < -0.39 is 0 Å². The standard InChI is InChI=1S/C25H28N4/c1-3-11-21-19(9-1)15-24(28-21)25-16-23(20-10-2-4-12-22(20)29-25)27-14-6-8-18-7-5-13-26-17-18/h1-4,9-12,15-16,18,26,28H,5-8,13-14,17H2,(H,27,29). The first kappa shape index (κ1) is 18.2. The number of pyridine rings is 1. The van der Waals surface area contributed by atoms with Gasteiger partial charge in [0.05, 0.1) is 16.9 Å². The van der Waals surface area contributed by atoms with Crippen LogP contribution in [0, 0.1) is 5.92 Å². The van der Waals surface area contributed by atoms with Gasteiger partial charge in [-0.2, -0.15) is 0 Å². The van der Waals surface area contributed by atoms with Crippen molar-refractivity contribution in [1.82, 2.24) is 15.3 Å². The van der Waals surface area contributed by atoms with Crippen LogP contribution in [0.2, 0.25) is 0 Å². The summed E-state index contributed by atoms with van der Waals surface area (Å²) in [7, 11) is 0. The number of hydrogen-bond acceptors (Lipinski definition) is 3. The monoisotopic (exact) mass is 384 g/mol. The van der Waals surface area contributed by atoms with E-state index in [4.69, 9.17) is 4.98 Å². The van der Waals surface area contributed by atoms with Crippen molar-refractivity contribution in [3.8, 4) is 11.4 Å². The summed E-state index contributed by atoms with van der Waals surface area (Å²) < 4.78 is 0. The summed E-state index contributed by atoms with van der Waals surface area (Å²) in [6.07, 6.45) is 5.18. The number of piperidine rings is 1. The number of benzene rings is 2. The number of hydrogen-bond donors (Lipinski definition) is 3. The predicted molar refractivity (Wildman–Crippen MR) is 122 cm³/mol. The number of nitrogens with one attached hydrogen (secondary N) is 3. The maximum Gasteiger partial charge on any atom is 0.0893 e. The van der Waals surface area contributed by atoms with Gasteiger partial charge in [0.2, 0.25) is 0 Å². The molecule has 3 heterocycles. The summed E-state index contributed by atoms with van der Waals surface area (Å²) in [5.74, 6) is 0.835. The molecule has 3 N–H and O–H groups in total. The molecule has 4 nitrogen and oxygen atoms in total. The molecular weight excluding hydrogens is 356 g/mol. The minimum Gasteiger partial charge on any atom is -0.384 e. The first-order valence-electron chi connectivity index (χ1n) is 10.8. The number of aromatic nitrogens is 2. The molecule has 0 amide bonds. The molecule has 1 aliphatic rings. The number of anilines is 1. The van der Waals surface area contributed by atoms with E-state index in [-0.39, 0.29) is 0 Å². The van der Waals surface area contributed by atoms with Gasteiger partial charge in [0.1, 0.15) is 0 Å². The average Bonchev–Trinajstić information content (AvgIpc) is 3.21. The Kier molecular flexibility index (Phi) is 5.18. The third kappa shape index (κ3) is 3.99. The van der Waals surface area contributed by atoms with E-state index in [1.54, 1.807) is 0 Å². The Labute approximate surface area is 171 Å². The van der Waals surface area contributed by atoms with Crippen LogP contribution >= 0.6 is 0 Å². The van der Waals surface area contributed by atoms with Crippen LogP contribution in [0.4, 0.5) is 5.69 Å². The Bertz CT molecular complexity index is 1080. The van der Waals surface area contributed by atoms with Gasteiger partial charge in [0.25, 0.3) is 0 Å². The van der Waals surface area contributed by atoms with Gasteiger partial charge in [-0.1, -0.05) is 36.4 Å². The molecule has 4 aromatic rings. The van der Waals surface area contributed by atoms with Crippen LogP contribution in [0.25, 0.3) is 33.2 Å². The predicted octanol–water partition coefficient (Wildman–Crippen LogP) is 5.57. The molecular formula is C25H28N4. The summed E-state index contributed by atoms with van der Waals surface area (Å²) in [5, 5.41) is 9.62. The Morgan fingerprint density at radius 1 is 1.03 bits per heavy atom. The van der Waals surface area contributed by atoms with Gasteiger partial charge in [-0.3, -0.25) is 0 Å². The second-order valence-corrected chi connectivity index (χ2v) is 8.12. The van der Waals surface area contributed by atoms with Gasteiger partial charge in [-0.15, -0.1) is 0 Å². The Hall–Kier alpha value is -2.85. The summed E-state index contributed by atoms with van der Waals surface area (Å²) in [6.45, 7) is 3.37. The highest BCUT2D eigenvalue weighted by Gasteiger charge is 2.13. The van der Waals surface area contributed by atoms with E-state index in [0.29, 0.717) is 0 Å². The molecule has 1 saturated heterocycles. The lowest BCUT2D eigenvalue weighted by Gasteiger charge is -2.22. The summed E-state index contributed by atoms with van der Waals surface area (Å²) in [5.41, 5.74) is 5.40. The SMILES string of the molecule is c1ccc2[nH]c(-c3cc(NCCCC4CCCNC4)c4ccccc4n3)cc2c1. The molecule has 4 heteroatoms. The number of para-hydroxylation sites is 2. The molecule has 0 saturated carbocycles. The molecule has 1 atom stereocenters. The fourth-order valence-electron chi connectivity index (χ4n) is 4.46. The zero-order valence-electron chi connectivity index (χ0n) is 16.7. The van der Waals surface area contributed by atoms with Gasteiger partial charge >= 0.3 is 0 Å². The maximum atomic E-state index is 4.92. The van der Waals surface area contributed by atoms with Crippen molar-refractivity contribution in [3.63, 3.8) is 0 Å². The highest BCUT2D eigenvalue weighted by atomic mass is 14.9. The van der Waals surface area contributed by atoms with Crippen LogP contribution in [0.3, 0.4) is 0 Å². The molecule has 0 radical (unpaired) electrons. The lowest BCUT2D eigenvalue weighted by Crippen LogP contribution is -2.29. The Balaban J connectivity index is 1.38. The quantitative estimate of drug-likeness (QED) is 0.381. The zero-order valence-corrected chi connectivity index (χ0v) is 16.7. The van der Waals surface area contributed by atoms with Crippen molar-refractivity contribution in [2.24, 2.45) is 5.92 Å². The van der Waals surface area contributed by atoms with Crippen molar-refractivity contribution in [3.05, 3.63) is 60.7 Å². The normalized spacial score (nSPS) is 17.0. The Morgan fingerprint density at radius 2 is 1.93 bits per heavy atom. The molecule has 148 valence electrons. The number of aromatic amines is 1. The third-order valence-electron chi connectivity index (χ3n) is 6.03. The number of fused-ring (bicyclic) bond motifs is 2. The van der Waals surface area contributed by atoms with Crippen LogP contribution in [-0.2, 0) is 0 Å².